The van der Waals surface area contributed by atoms with Gasteiger partial charge in [0, 0.05) is 5.56 Å². The van der Waals surface area contributed by atoms with Crippen LogP contribution in [0.25, 0.3) is 6.08 Å². The second kappa shape index (κ2) is 11.5. The highest BCUT2D eigenvalue weighted by atomic mass is 79.9. The smallest absolute Gasteiger partial charge is 0.338 e. The van der Waals surface area contributed by atoms with Crippen LogP contribution in [0, 0.1) is 0 Å². The SMILES string of the molecule is CCOC(=O)C1=C(C)N=c2s/c(=C/c3ccc(OCC)c(Br)c3)c(=O)n2[C@@H]1c1ccccc1OC(C)C. The third-order valence-electron chi connectivity index (χ3n) is 5.65. The van der Waals surface area contributed by atoms with Crippen LogP contribution in [0.5, 0.6) is 11.5 Å². The molecular formula is C28H29BrN2O5S. The lowest BCUT2D eigenvalue weighted by molar-refractivity contribution is -0.139. The first-order valence-corrected chi connectivity index (χ1v) is 13.7. The van der Waals surface area contributed by atoms with E-state index in [-0.39, 0.29) is 18.3 Å². The molecule has 0 unspecified atom stereocenters. The number of esters is 1. The zero-order valence-corrected chi connectivity index (χ0v) is 23.8. The van der Waals surface area contributed by atoms with Crippen LogP contribution >= 0.6 is 27.3 Å². The summed E-state index contributed by atoms with van der Waals surface area (Å²) in [4.78, 5) is 32.2. The highest BCUT2D eigenvalue weighted by molar-refractivity contribution is 9.10. The molecule has 7 nitrogen and oxygen atoms in total. The topological polar surface area (TPSA) is 79.1 Å². The number of para-hydroxylation sites is 1. The largest absolute Gasteiger partial charge is 0.493 e. The number of aromatic nitrogens is 1. The molecule has 3 aromatic rings. The van der Waals surface area contributed by atoms with E-state index in [0.29, 0.717) is 38.5 Å². The van der Waals surface area contributed by atoms with Gasteiger partial charge in [0.15, 0.2) is 4.80 Å². The number of benzene rings is 2. The number of fused-ring (bicyclic) bond motifs is 1. The van der Waals surface area contributed by atoms with Gasteiger partial charge in [-0.15, -0.1) is 0 Å². The molecule has 0 saturated heterocycles. The molecule has 1 aliphatic heterocycles. The summed E-state index contributed by atoms with van der Waals surface area (Å²) in [6, 6.07) is 12.4. The van der Waals surface area contributed by atoms with E-state index in [1.807, 2.05) is 69.3 Å². The maximum absolute atomic E-state index is 13.9. The van der Waals surface area contributed by atoms with Crippen LogP contribution in [0.15, 0.2) is 68.0 Å². The molecule has 0 fully saturated rings. The fourth-order valence-electron chi connectivity index (χ4n) is 4.18. The van der Waals surface area contributed by atoms with Crippen LogP contribution in [0.3, 0.4) is 0 Å². The molecule has 1 aromatic heterocycles. The van der Waals surface area contributed by atoms with Crippen molar-refractivity contribution in [1.82, 2.24) is 4.57 Å². The van der Waals surface area contributed by atoms with E-state index in [0.717, 1.165) is 15.8 Å². The molecule has 1 aliphatic rings. The first kappa shape index (κ1) is 26.9. The van der Waals surface area contributed by atoms with Crippen LogP contribution in [0.1, 0.15) is 51.8 Å². The van der Waals surface area contributed by atoms with Gasteiger partial charge in [0.1, 0.15) is 17.5 Å². The first-order valence-electron chi connectivity index (χ1n) is 12.1. The highest BCUT2D eigenvalue weighted by Crippen LogP contribution is 2.36. The number of allylic oxidation sites excluding steroid dienone is 1. The summed E-state index contributed by atoms with van der Waals surface area (Å²) in [7, 11) is 0. The summed E-state index contributed by atoms with van der Waals surface area (Å²) in [5, 5.41) is 0. The van der Waals surface area contributed by atoms with E-state index in [4.69, 9.17) is 14.2 Å². The monoisotopic (exact) mass is 584 g/mol. The standard InChI is InChI=1S/C28H29BrN2O5S/c1-6-34-22-13-12-18(14-20(22)29)15-23-26(32)31-25(19-10-8-9-11-21(19)36-16(3)4)24(27(33)35-7-2)17(5)30-28(31)37-23/h8-16,25H,6-7H2,1-5H3/b23-15+/t25-/m1/s1. The third-order valence-corrected chi connectivity index (χ3v) is 7.25. The summed E-state index contributed by atoms with van der Waals surface area (Å²) in [6.07, 6.45) is 1.73. The molecule has 4 rings (SSSR count). The summed E-state index contributed by atoms with van der Waals surface area (Å²) < 4.78 is 19.9. The maximum atomic E-state index is 13.9. The minimum Gasteiger partial charge on any atom is -0.493 e. The molecule has 0 N–H and O–H groups in total. The normalized spacial score (nSPS) is 15.4. The lowest BCUT2D eigenvalue weighted by atomic mass is 9.95. The van der Waals surface area contributed by atoms with Gasteiger partial charge in [-0.2, -0.15) is 0 Å². The van der Waals surface area contributed by atoms with Gasteiger partial charge in [-0.05, 0) is 80.4 Å². The van der Waals surface area contributed by atoms with Crippen molar-refractivity contribution in [3.05, 3.63) is 89.0 Å². The fraction of sp³-hybridized carbons (Fsp3) is 0.321. The van der Waals surface area contributed by atoms with Crippen molar-refractivity contribution in [2.75, 3.05) is 13.2 Å². The van der Waals surface area contributed by atoms with Gasteiger partial charge in [-0.3, -0.25) is 9.36 Å². The van der Waals surface area contributed by atoms with E-state index in [9.17, 15) is 9.59 Å². The van der Waals surface area contributed by atoms with Gasteiger partial charge in [0.05, 0.1) is 39.6 Å². The molecule has 0 radical (unpaired) electrons. The van der Waals surface area contributed by atoms with Gasteiger partial charge >= 0.3 is 5.97 Å². The fourth-order valence-corrected chi connectivity index (χ4v) is 5.74. The van der Waals surface area contributed by atoms with Crippen molar-refractivity contribution >= 4 is 39.3 Å². The Morgan fingerprint density at radius 3 is 2.59 bits per heavy atom. The second-order valence-electron chi connectivity index (χ2n) is 8.63. The quantitative estimate of drug-likeness (QED) is 0.357. The number of carbonyl (C=O) groups is 1. The third kappa shape index (κ3) is 5.57. The van der Waals surface area contributed by atoms with Crippen molar-refractivity contribution in [3.63, 3.8) is 0 Å². The predicted octanol–water partition coefficient (Wildman–Crippen LogP) is 4.75. The van der Waals surface area contributed by atoms with Gasteiger partial charge in [0.2, 0.25) is 0 Å². The van der Waals surface area contributed by atoms with Crippen LogP contribution < -0.4 is 24.4 Å². The Kier molecular flexibility index (Phi) is 8.34. The number of ether oxygens (including phenoxy) is 3. The Morgan fingerprint density at radius 1 is 1.16 bits per heavy atom. The molecule has 194 valence electrons. The summed E-state index contributed by atoms with van der Waals surface area (Å²) in [6.45, 7) is 10.1. The molecule has 0 saturated carbocycles. The van der Waals surface area contributed by atoms with Crippen LogP contribution in [-0.2, 0) is 9.53 Å². The van der Waals surface area contributed by atoms with Crippen molar-refractivity contribution in [3.8, 4) is 11.5 Å². The molecule has 0 bridgehead atoms. The van der Waals surface area contributed by atoms with Crippen molar-refractivity contribution in [2.24, 2.45) is 4.99 Å². The Balaban J connectivity index is 1.93. The molecule has 1 atom stereocenters. The van der Waals surface area contributed by atoms with Gasteiger partial charge in [0.25, 0.3) is 5.56 Å². The number of halogens is 1. The van der Waals surface area contributed by atoms with E-state index in [1.165, 1.54) is 11.3 Å². The van der Waals surface area contributed by atoms with Crippen molar-refractivity contribution < 1.29 is 19.0 Å². The first-order chi connectivity index (χ1) is 17.7. The Bertz CT molecular complexity index is 1540. The summed E-state index contributed by atoms with van der Waals surface area (Å²) in [5.41, 5.74) is 2.13. The Morgan fingerprint density at radius 2 is 1.92 bits per heavy atom. The van der Waals surface area contributed by atoms with E-state index >= 15 is 0 Å². The average Bonchev–Trinajstić information content (AvgIpc) is 3.14. The molecule has 0 amide bonds. The summed E-state index contributed by atoms with van der Waals surface area (Å²) in [5.74, 6) is 0.833. The van der Waals surface area contributed by atoms with Gasteiger partial charge in [-0.1, -0.05) is 35.6 Å². The zero-order valence-electron chi connectivity index (χ0n) is 21.4. The van der Waals surface area contributed by atoms with Crippen molar-refractivity contribution in [1.29, 1.82) is 0 Å². The van der Waals surface area contributed by atoms with Crippen molar-refractivity contribution in [2.45, 2.75) is 46.8 Å². The minimum absolute atomic E-state index is 0.0915. The minimum atomic E-state index is -0.737. The lowest BCUT2D eigenvalue weighted by Gasteiger charge is -2.26. The van der Waals surface area contributed by atoms with Crippen LogP contribution in [0.4, 0.5) is 0 Å². The maximum Gasteiger partial charge on any atom is 0.338 e. The number of thiazole rings is 1. The number of hydrogen-bond donors (Lipinski definition) is 0. The Hall–Kier alpha value is -3.17. The van der Waals surface area contributed by atoms with Gasteiger partial charge < -0.3 is 14.2 Å². The molecule has 0 aliphatic carbocycles. The van der Waals surface area contributed by atoms with E-state index < -0.39 is 12.0 Å². The zero-order chi connectivity index (χ0) is 26.7. The summed E-state index contributed by atoms with van der Waals surface area (Å²) >= 11 is 4.82. The van der Waals surface area contributed by atoms with E-state index in [1.54, 1.807) is 18.4 Å². The second-order valence-corrected chi connectivity index (χ2v) is 10.5. The number of rotatable bonds is 8. The molecular weight excluding hydrogens is 556 g/mol. The van der Waals surface area contributed by atoms with Crippen LogP contribution in [0.2, 0.25) is 0 Å². The number of hydrogen-bond acceptors (Lipinski definition) is 7. The lowest BCUT2D eigenvalue weighted by Crippen LogP contribution is -2.40. The Labute approximate surface area is 227 Å². The molecule has 9 heteroatoms. The average molecular weight is 586 g/mol. The molecule has 0 spiro atoms. The molecule has 2 aromatic carbocycles. The molecule has 37 heavy (non-hydrogen) atoms. The number of carbonyl (C=O) groups excluding carboxylic acids is 1. The van der Waals surface area contributed by atoms with Gasteiger partial charge in [-0.25, -0.2) is 9.79 Å². The number of nitrogens with zero attached hydrogens (tertiary/aromatic N) is 2. The van der Waals surface area contributed by atoms with Crippen LogP contribution in [-0.4, -0.2) is 29.9 Å². The van der Waals surface area contributed by atoms with E-state index in [2.05, 4.69) is 20.9 Å². The predicted molar refractivity (Wildman–Crippen MR) is 148 cm³/mol. The highest BCUT2D eigenvalue weighted by Gasteiger charge is 2.35. The molecule has 2 heterocycles.